The molecule has 0 bridgehead atoms. The predicted octanol–water partition coefficient (Wildman–Crippen LogP) is 1.99. The fourth-order valence-electron chi connectivity index (χ4n) is 1.61. The Kier molecular flexibility index (Phi) is 3.42. The number of carboxylic acid groups (broad SMARTS) is 1. The minimum absolute atomic E-state index is 0.136. The Balaban J connectivity index is 2.45. The normalized spacial score (nSPS) is 9.89. The van der Waals surface area contributed by atoms with Crippen LogP contribution in [0.4, 0.5) is 16.2 Å². The summed E-state index contributed by atoms with van der Waals surface area (Å²) >= 11 is 0. The molecular formula is C13H11N3O3. The van der Waals surface area contributed by atoms with Crippen molar-refractivity contribution < 1.29 is 14.7 Å². The number of carbonyl (C=O) groups is 2. The van der Waals surface area contributed by atoms with Gasteiger partial charge in [0.15, 0.2) is 0 Å². The van der Waals surface area contributed by atoms with Crippen molar-refractivity contribution in [2.75, 3.05) is 10.6 Å². The average Bonchev–Trinajstić information content (AvgIpc) is 2.42. The van der Waals surface area contributed by atoms with Gasteiger partial charge in [-0.1, -0.05) is 12.1 Å². The van der Waals surface area contributed by atoms with Crippen LogP contribution < -0.4 is 10.6 Å². The van der Waals surface area contributed by atoms with Gasteiger partial charge >= 0.3 is 6.09 Å². The van der Waals surface area contributed by atoms with Crippen LogP contribution in [-0.4, -0.2) is 22.1 Å². The number of benzene rings is 1. The summed E-state index contributed by atoms with van der Waals surface area (Å²) in [6.07, 6.45) is 1.45. The van der Waals surface area contributed by atoms with Crippen LogP contribution in [0.5, 0.6) is 0 Å². The average molecular weight is 257 g/mol. The lowest BCUT2D eigenvalue weighted by atomic mass is 10.2. The Morgan fingerprint density at radius 2 is 1.74 bits per heavy atom. The maximum Gasteiger partial charge on any atom is 0.419 e. The minimum atomic E-state index is -1.39. The second-order valence-corrected chi connectivity index (χ2v) is 3.72. The van der Waals surface area contributed by atoms with E-state index < -0.39 is 12.0 Å². The SMILES string of the molecule is Nc1ccccc1N(C(=O)O)C(=O)c1ccncc1. The Bertz CT molecular complexity index is 614. The number of nitrogen functional groups attached to an aromatic ring is 1. The fourth-order valence-corrected chi connectivity index (χ4v) is 1.61. The first kappa shape index (κ1) is 12.6. The second kappa shape index (κ2) is 5.18. The lowest BCUT2D eigenvalue weighted by Gasteiger charge is -2.18. The van der Waals surface area contributed by atoms with E-state index in [-0.39, 0.29) is 16.9 Å². The van der Waals surface area contributed by atoms with Gasteiger partial charge in [0.05, 0.1) is 11.4 Å². The first-order chi connectivity index (χ1) is 9.11. The van der Waals surface area contributed by atoms with Crippen LogP contribution in [0.1, 0.15) is 10.4 Å². The number of pyridine rings is 1. The Morgan fingerprint density at radius 1 is 1.11 bits per heavy atom. The van der Waals surface area contributed by atoms with E-state index in [0.29, 0.717) is 4.90 Å². The highest BCUT2D eigenvalue weighted by molar-refractivity contribution is 6.19. The van der Waals surface area contributed by atoms with Crippen molar-refractivity contribution in [2.45, 2.75) is 0 Å². The Morgan fingerprint density at radius 3 is 2.32 bits per heavy atom. The lowest BCUT2D eigenvalue weighted by molar-refractivity contribution is 0.0983. The van der Waals surface area contributed by atoms with Gasteiger partial charge < -0.3 is 10.8 Å². The number of nitrogens with two attached hydrogens (primary N) is 1. The molecule has 2 aromatic rings. The maximum absolute atomic E-state index is 12.2. The molecule has 1 heterocycles. The standard InChI is InChI=1S/C13H11N3O3/c14-10-3-1-2-4-11(10)16(13(18)19)12(17)9-5-7-15-8-6-9/h1-8H,14H2,(H,18,19). The van der Waals surface area contributed by atoms with Crippen molar-refractivity contribution in [2.24, 2.45) is 0 Å². The van der Waals surface area contributed by atoms with Crippen molar-refractivity contribution in [3.8, 4) is 0 Å². The smallest absolute Gasteiger partial charge is 0.419 e. The maximum atomic E-state index is 12.2. The van der Waals surface area contributed by atoms with Crippen molar-refractivity contribution >= 4 is 23.4 Å². The molecule has 0 fully saturated rings. The van der Waals surface area contributed by atoms with Gasteiger partial charge in [-0.3, -0.25) is 9.78 Å². The van der Waals surface area contributed by atoms with Crippen molar-refractivity contribution in [3.05, 3.63) is 54.4 Å². The molecule has 0 radical (unpaired) electrons. The van der Waals surface area contributed by atoms with Gasteiger partial charge in [0.2, 0.25) is 0 Å². The number of hydrogen-bond acceptors (Lipinski definition) is 4. The number of carbonyl (C=O) groups excluding carboxylic acids is 1. The zero-order chi connectivity index (χ0) is 13.8. The highest BCUT2D eigenvalue weighted by Gasteiger charge is 2.25. The summed E-state index contributed by atoms with van der Waals surface area (Å²) in [7, 11) is 0. The number of amides is 2. The minimum Gasteiger partial charge on any atom is -0.464 e. The molecule has 0 unspecified atom stereocenters. The summed E-state index contributed by atoms with van der Waals surface area (Å²) in [5, 5.41) is 9.22. The fraction of sp³-hybridized carbons (Fsp3) is 0. The van der Waals surface area contributed by atoms with Crippen LogP contribution in [0.15, 0.2) is 48.8 Å². The zero-order valence-corrected chi connectivity index (χ0v) is 9.85. The van der Waals surface area contributed by atoms with Crippen LogP contribution >= 0.6 is 0 Å². The molecule has 1 aromatic carbocycles. The molecule has 0 spiro atoms. The molecule has 0 aliphatic rings. The quantitative estimate of drug-likeness (QED) is 0.802. The molecule has 2 rings (SSSR count). The van der Waals surface area contributed by atoms with E-state index in [4.69, 9.17) is 5.73 Å². The molecule has 2 amide bonds. The van der Waals surface area contributed by atoms with Gasteiger partial charge in [-0.25, -0.2) is 9.69 Å². The van der Waals surface area contributed by atoms with Gasteiger partial charge in [0.25, 0.3) is 5.91 Å². The number of rotatable bonds is 2. The van der Waals surface area contributed by atoms with E-state index >= 15 is 0 Å². The second-order valence-electron chi connectivity index (χ2n) is 3.72. The highest BCUT2D eigenvalue weighted by Crippen LogP contribution is 2.24. The number of hydrogen-bond donors (Lipinski definition) is 2. The summed E-state index contributed by atoms with van der Waals surface area (Å²) in [5.41, 5.74) is 6.28. The first-order valence-electron chi connectivity index (χ1n) is 5.43. The van der Waals surface area contributed by atoms with Crippen LogP contribution in [0, 0.1) is 0 Å². The van der Waals surface area contributed by atoms with Crippen molar-refractivity contribution in [3.63, 3.8) is 0 Å². The summed E-state index contributed by atoms with van der Waals surface area (Å²) in [5.74, 6) is -0.673. The molecule has 3 N–H and O–H groups in total. The van der Waals surface area contributed by atoms with Gasteiger partial charge in [0.1, 0.15) is 0 Å². The molecule has 6 heteroatoms. The number of anilines is 2. The lowest BCUT2D eigenvalue weighted by Crippen LogP contribution is -2.36. The summed E-state index contributed by atoms with van der Waals surface area (Å²) in [6, 6.07) is 9.17. The molecule has 96 valence electrons. The number of aromatic nitrogens is 1. The summed E-state index contributed by atoms with van der Waals surface area (Å²) in [4.78, 5) is 27.9. The first-order valence-corrected chi connectivity index (χ1v) is 5.43. The Hall–Kier alpha value is -2.89. The van der Waals surface area contributed by atoms with E-state index in [0.717, 1.165) is 0 Å². The van der Waals surface area contributed by atoms with Crippen LogP contribution in [0.25, 0.3) is 0 Å². The van der Waals surface area contributed by atoms with Crippen LogP contribution in [0.3, 0.4) is 0 Å². The molecular weight excluding hydrogens is 246 g/mol. The number of imide groups is 1. The molecule has 0 aliphatic carbocycles. The van der Waals surface area contributed by atoms with Crippen molar-refractivity contribution in [1.82, 2.24) is 4.98 Å². The van der Waals surface area contributed by atoms with E-state index in [2.05, 4.69) is 4.98 Å². The number of para-hydroxylation sites is 2. The van der Waals surface area contributed by atoms with E-state index in [9.17, 15) is 14.7 Å². The third-order valence-electron chi connectivity index (χ3n) is 2.50. The molecule has 0 saturated carbocycles. The zero-order valence-electron chi connectivity index (χ0n) is 9.85. The Labute approximate surface area is 109 Å². The molecule has 0 saturated heterocycles. The van der Waals surface area contributed by atoms with Crippen LogP contribution in [-0.2, 0) is 0 Å². The van der Waals surface area contributed by atoms with Crippen molar-refractivity contribution in [1.29, 1.82) is 0 Å². The molecule has 0 atom stereocenters. The van der Waals surface area contributed by atoms with Gasteiger partial charge in [-0.2, -0.15) is 0 Å². The predicted molar refractivity (Wildman–Crippen MR) is 69.9 cm³/mol. The summed E-state index contributed by atoms with van der Waals surface area (Å²) in [6.45, 7) is 0. The van der Waals surface area contributed by atoms with E-state index in [1.54, 1.807) is 12.1 Å². The van der Waals surface area contributed by atoms with Gasteiger partial charge in [0, 0.05) is 18.0 Å². The summed E-state index contributed by atoms with van der Waals surface area (Å²) < 4.78 is 0. The third kappa shape index (κ3) is 2.52. The van der Waals surface area contributed by atoms with Crippen LogP contribution in [0.2, 0.25) is 0 Å². The van der Waals surface area contributed by atoms with E-state index in [1.807, 2.05) is 0 Å². The topological polar surface area (TPSA) is 96.5 Å². The third-order valence-corrected chi connectivity index (χ3v) is 2.50. The highest BCUT2D eigenvalue weighted by atomic mass is 16.4. The molecule has 1 aromatic heterocycles. The monoisotopic (exact) mass is 257 g/mol. The number of nitrogens with zero attached hydrogens (tertiary/aromatic N) is 2. The van der Waals surface area contributed by atoms with Gasteiger partial charge in [-0.15, -0.1) is 0 Å². The molecule has 0 aliphatic heterocycles. The largest absolute Gasteiger partial charge is 0.464 e. The molecule has 6 nitrogen and oxygen atoms in total. The van der Waals surface area contributed by atoms with E-state index in [1.165, 1.54) is 36.7 Å². The van der Waals surface area contributed by atoms with Gasteiger partial charge in [-0.05, 0) is 24.3 Å². The molecule has 19 heavy (non-hydrogen) atoms.